The van der Waals surface area contributed by atoms with E-state index in [1.165, 1.54) is 6.07 Å². The standard InChI is InChI=1S/C14H23FN2O/c1-4-17(5-2)10-12(18)9-16-14-11(3)7-6-8-13(14)15/h6-8,12,16,18H,4-5,9-10H2,1-3H3. The van der Waals surface area contributed by atoms with Gasteiger partial charge in [-0.25, -0.2) is 4.39 Å². The third kappa shape index (κ3) is 4.27. The van der Waals surface area contributed by atoms with Crippen LogP contribution in [0.15, 0.2) is 18.2 Å². The van der Waals surface area contributed by atoms with Gasteiger partial charge < -0.3 is 15.3 Å². The van der Waals surface area contributed by atoms with Crippen molar-refractivity contribution in [2.75, 3.05) is 31.5 Å². The van der Waals surface area contributed by atoms with Crippen LogP contribution in [0.3, 0.4) is 0 Å². The van der Waals surface area contributed by atoms with Gasteiger partial charge in [0.25, 0.3) is 0 Å². The second-order valence-electron chi connectivity index (χ2n) is 4.45. The molecule has 2 N–H and O–H groups in total. The number of hydrogen-bond acceptors (Lipinski definition) is 3. The van der Waals surface area contributed by atoms with Crippen LogP contribution in [0.2, 0.25) is 0 Å². The fraction of sp³-hybridized carbons (Fsp3) is 0.571. The molecule has 1 rings (SSSR count). The topological polar surface area (TPSA) is 35.5 Å². The lowest BCUT2D eigenvalue weighted by atomic mass is 10.2. The maximum atomic E-state index is 13.5. The van der Waals surface area contributed by atoms with E-state index >= 15 is 0 Å². The highest BCUT2D eigenvalue weighted by Gasteiger charge is 2.10. The van der Waals surface area contributed by atoms with Crippen molar-refractivity contribution in [2.24, 2.45) is 0 Å². The second kappa shape index (κ2) is 7.34. The number of aryl methyl sites for hydroxylation is 1. The number of anilines is 1. The van der Waals surface area contributed by atoms with Crippen molar-refractivity contribution >= 4 is 5.69 Å². The highest BCUT2D eigenvalue weighted by atomic mass is 19.1. The van der Waals surface area contributed by atoms with Gasteiger partial charge in [0.1, 0.15) is 5.82 Å². The molecule has 18 heavy (non-hydrogen) atoms. The van der Waals surface area contributed by atoms with E-state index in [4.69, 9.17) is 0 Å². The molecule has 4 heteroatoms. The predicted molar refractivity (Wildman–Crippen MR) is 73.4 cm³/mol. The molecule has 102 valence electrons. The molecule has 0 radical (unpaired) electrons. The van der Waals surface area contributed by atoms with Gasteiger partial charge in [-0.05, 0) is 31.6 Å². The number of nitrogens with one attached hydrogen (secondary N) is 1. The smallest absolute Gasteiger partial charge is 0.146 e. The van der Waals surface area contributed by atoms with E-state index in [1.807, 2.05) is 13.0 Å². The SMILES string of the molecule is CCN(CC)CC(O)CNc1c(C)cccc1F. The van der Waals surface area contributed by atoms with Gasteiger partial charge in [0, 0.05) is 13.1 Å². The molecule has 0 heterocycles. The van der Waals surface area contributed by atoms with Crippen LogP contribution in [0.5, 0.6) is 0 Å². The summed E-state index contributed by atoms with van der Waals surface area (Å²) in [6, 6.07) is 4.95. The van der Waals surface area contributed by atoms with Gasteiger partial charge in [-0.1, -0.05) is 26.0 Å². The van der Waals surface area contributed by atoms with Crippen LogP contribution >= 0.6 is 0 Å². The molecule has 1 aromatic rings. The first-order chi connectivity index (χ1) is 8.58. The minimum absolute atomic E-state index is 0.273. The zero-order valence-corrected chi connectivity index (χ0v) is 11.4. The predicted octanol–water partition coefficient (Wildman–Crippen LogP) is 2.25. The molecule has 1 aromatic carbocycles. The Balaban J connectivity index is 2.49. The Morgan fingerprint density at radius 1 is 1.33 bits per heavy atom. The van der Waals surface area contributed by atoms with E-state index in [9.17, 15) is 9.50 Å². The zero-order chi connectivity index (χ0) is 13.5. The lowest BCUT2D eigenvalue weighted by Crippen LogP contribution is -2.36. The summed E-state index contributed by atoms with van der Waals surface area (Å²) in [5.41, 5.74) is 1.33. The summed E-state index contributed by atoms with van der Waals surface area (Å²) in [5.74, 6) is -0.273. The van der Waals surface area contributed by atoms with Crippen molar-refractivity contribution in [3.8, 4) is 0 Å². The number of hydrogen-bond donors (Lipinski definition) is 2. The molecule has 1 unspecified atom stereocenters. The van der Waals surface area contributed by atoms with Gasteiger partial charge >= 0.3 is 0 Å². The molecule has 0 aliphatic heterocycles. The summed E-state index contributed by atoms with van der Waals surface area (Å²) in [6.07, 6.45) is -0.496. The monoisotopic (exact) mass is 254 g/mol. The summed E-state index contributed by atoms with van der Waals surface area (Å²) in [6.45, 7) is 8.75. The van der Waals surface area contributed by atoms with Gasteiger partial charge in [-0.2, -0.15) is 0 Å². The molecule has 0 saturated heterocycles. The van der Waals surface area contributed by atoms with E-state index < -0.39 is 6.10 Å². The third-order valence-electron chi connectivity index (χ3n) is 3.10. The van der Waals surface area contributed by atoms with Crippen LogP contribution in [0, 0.1) is 12.7 Å². The molecule has 1 atom stereocenters. The Kier molecular flexibility index (Phi) is 6.09. The molecule has 0 amide bonds. The van der Waals surface area contributed by atoms with E-state index in [2.05, 4.69) is 24.1 Å². The van der Waals surface area contributed by atoms with Gasteiger partial charge in [-0.3, -0.25) is 0 Å². The maximum Gasteiger partial charge on any atom is 0.146 e. The van der Waals surface area contributed by atoms with Gasteiger partial charge in [-0.15, -0.1) is 0 Å². The lowest BCUT2D eigenvalue weighted by molar-refractivity contribution is 0.128. The van der Waals surface area contributed by atoms with Gasteiger partial charge in [0.05, 0.1) is 11.8 Å². The highest BCUT2D eigenvalue weighted by Crippen LogP contribution is 2.18. The Morgan fingerprint density at radius 2 is 2.00 bits per heavy atom. The summed E-state index contributed by atoms with van der Waals surface area (Å²) < 4.78 is 13.5. The van der Waals surface area contributed by atoms with Crippen molar-refractivity contribution in [1.29, 1.82) is 0 Å². The van der Waals surface area contributed by atoms with Crippen LogP contribution in [-0.4, -0.2) is 42.3 Å². The third-order valence-corrected chi connectivity index (χ3v) is 3.10. The van der Waals surface area contributed by atoms with Crippen LogP contribution in [0.25, 0.3) is 0 Å². The fourth-order valence-corrected chi connectivity index (χ4v) is 1.92. The molecule has 0 bridgehead atoms. The molecule has 0 aliphatic carbocycles. The number of halogens is 1. The minimum atomic E-state index is -0.496. The first-order valence-electron chi connectivity index (χ1n) is 6.47. The van der Waals surface area contributed by atoms with Crippen LogP contribution in [0.4, 0.5) is 10.1 Å². The van der Waals surface area contributed by atoms with Crippen molar-refractivity contribution in [1.82, 2.24) is 4.90 Å². The van der Waals surface area contributed by atoms with Gasteiger partial charge in [0.2, 0.25) is 0 Å². The maximum absolute atomic E-state index is 13.5. The summed E-state index contributed by atoms with van der Waals surface area (Å²) in [7, 11) is 0. The average molecular weight is 254 g/mol. The van der Waals surface area contributed by atoms with Crippen molar-refractivity contribution in [3.05, 3.63) is 29.6 Å². The number of rotatable bonds is 7. The van der Waals surface area contributed by atoms with Gasteiger partial charge in [0.15, 0.2) is 0 Å². The summed E-state index contributed by atoms with van der Waals surface area (Å²) in [4.78, 5) is 2.14. The number of nitrogens with zero attached hydrogens (tertiary/aromatic N) is 1. The van der Waals surface area contributed by atoms with E-state index in [0.29, 0.717) is 18.8 Å². The summed E-state index contributed by atoms with van der Waals surface area (Å²) in [5, 5.41) is 12.9. The Morgan fingerprint density at radius 3 is 2.56 bits per heavy atom. The minimum Gasteiger partial charge on any atom is -0.390 e. The highest BCUT2D eigenvalue weighted by molar-refractivity contribution is 5.51. The first-order valence-corrected chi connectivity index (χ1v) is 6.47. The van der Waals surface area contributed by atoms with Crippen molar-refractivity contribution in [2.45, 2.75) is 26.9 Å². The molecule has 0 aliphatic rings. The number of aliphatic hydroxyl groups excluding tert-OH is 1. The molecule has 0 fully saturated rings. The van der Waals surface area contributed by atoms with E-state index in [-0.39, 0.29) is 5.82 Å². The van der Waals surface area contributed by atoms with Crippen molar-refractivity contribution in [3.63, 3.8) is 0 Å². The number of benzene rings is 1. The molecular formula is C14H23FN2O. The normalized spacial score (nSPS) is 12.8. The quantitative estimate of drug-likeness (QED) is 0.783. The fourth-order valence-electron chi connectivity index (χ4n) is 1.92. The van der Waals surface area contributed by atoms with Crippen LogP contribution in [-0.2, 0) is 0 Å². The second-order valence-corrected chi connectivity index (χ2v) is 4.45. The lowest BCUT2D eigenvalue weighted by Gasteiger charge is -2.22. The molecule has 0 spiro atoms. The number of aliphatic hydroxyl groups is 1. The van der Waals surface area contributed by atoms with E-state index in [0.717, 1.165) is 18.7 Å². The Bertz CT molecular complexity index is 347. The van der Waals surface area contributed by atoms with E-state index in [1.54, 1.807) is 6.07 Å². The summed E-state index contributed by atoms with van der Waals surface area (Å²) >= 11 is 0. The molecular weight excluding hydrogens is 231 g/mol. The average Bonchev–Trinajstić information content (AvgIpc) is 2.35. The molecule has 0 aromatic heterocycles. The molecule has 0 saturated carbocycles. The largest absolute Gasteiger partial charge is 0.390 e. The number of para-hydroxylation sites is 1. The Labute approximate surface area is 109 Å². The Hall–Kier alpha value is -1.13. The zero-order valence-electron chi connectivity index (χ0n) is 11.4. The number of likely N-dealkylation sites (N-methyl/N-ethyl adjacent to an activating group) is 1. The van der Waals surface area contributed by atoms with Crippen LogP contribution in [0.1, 0.15) is 19.4 Å². The molecule has 3 nitrogen and oxygen atoms in total. The first kappa shape index (κ1) is 14.9. The van der Waals surface area contributed by atoms with Crippen LogP contribution < -0.4 is 5.32 Å². The van der Waals surface area contributed by atoms with Crippen molar-refractivity contribution < 1.29 is 9.50 Å².